The van der Waals surface area contributed by atoms with E-state index in [2.05, 4.69) is 13.8 Å². The number of likely N-dealkylation sites (tertiary alicyclic amines) is 1. The average Bonchev–Trinajstić information content (AvgIpc) is 2.72. The Bertz CT molecular complexity index is 439. The molecule has 1 fully saturated rings. The summed E-state index contributed by atoms with van der Waals surface area (Å²) in [7, 11) is 0. The van der Waals surface area contributed by atoms with Crippen molar-refractivity contribution in [1.82, 2.24) is 4.90 Å². The minimum atomic E-state index is 0.165. The molecule has 3 heteroatoms. The van der Waals surface area contributed by atoms with Crippen molar-refractivity contribution >= 4 is 5.91 Å². The summed E-state index contributed by atoms with van der Waals surface area (Å²) in [4.78, 5) is 14.5. The van der Waals surface area contributed by atoms with Crippen molar-refractivity contribution in [3.8, 4) is 0 Å². The second-order valence-electron chi connectivity index (χ2n) is 6.13. The van der Waals surface area contributed by atoms with Crippen LogP contribution >= 0.6 is 0 Å². The van der Waals surface area contributed by atoms with E-state index < -0.39 is 0 Å². The molecule has 0 saturated carbocycles. The van der Waals surface area contributed by atoms with E-state index in [1.54, 1.807) is 0 Å². The number of carbonyl (C=O) groups excluding carboxylic acids is 1. The molecule has 1 atom stereocenters. The Morgan fingerprint density at radius 2 is 1.95 bits per heavy atom. The van der Waals surface area contributed by atoms with E-state index in [1.165, 1.54) is 6.42 Å². The van der Waals surface area contributed by atoms with Gasteiger partial charge in [-0.3, -0.25) is 4.79 Å². The smallest absolute Gasteiger partial charge is 0.253 e. The average molecular weight is 274 g/mol. The summed E-state index contributed by atoms with van der Waals surface area (Å²) in [6, 6.07) is 7.69. The number of rotatable bonds is 3. The van der Waals surface area contributed by atoms with Crippen LogP contribution in [-0.2, 0) is 6.54 Å². The highest BCUT2D eigenvalue weighted by Gasteiger charge is 2.22. The molecular formula is C17H26N2O. The molecule has 1 aliphatic rings. The summed E-state index contributed by atoms with van der Waals surface area (Å²) in [5, 5.41) is 0. The van der Waals surface area contributed by atoms with Gasteiger partial charge in [-0.25, -0.2) is 0 Å². The molecular weight excluding hydrogens is 248 g/mol. The fraction of sp³-hybridized carbons (Fsp3) is 0.588. The Morgan fingerprint density at radius 1 is 1.25 bits per heavy atom. The lowest BCUT2D eigenvalue weighted by Crippen LogP contribution is -2.32. The topological polar surface area (TPSA) is 46.3 Å². The van der Waals surface area contributed by atoms with Crippen molar-refractivity contribution in [2.75, 3.05) is 13.1 Å². The molecule has 0 aromatic heterocycles. The van der Waals surface area contributed by atoms with E-state index in [1.807, 2.05) is 29.2 Å². The SMILES string of the molecule is CC(C)C1CCCN(C(=O)c2ccc(CN)cc2)CC1. The molecule has 0 aliphatic carbocycles. The van der Waals surface area contributed by atoms with E-state index in [-0.39, 0.29) is 5.91 Å². The lowest BCUT2D eigenvalue weighted by Gasteiger charge is -2.21. The molecule has 1 heterocycles. The van der Waals surface area contributed by atoms with Crippen molar-refractivity contribution in [3.63, 3.8) is 0 Å². The highest BCUT2D eigenvalue weighted by atomic mass is 16.2. The molecule has 0 radical (unpaired) electrons. The quantitative estimate of drug-likeness (QED) is 0.921. The zero-order valence-electron chi connectivity index (χ0n) is 12.6. The van der Waals surface area contributed by atoms with Gasteiger partial charge in [0.15, 0.2) is 0 Å². The lowest BCUT2D eigenvalue weighted by atomic mass is 9.89. The molecule has 3 nitrogen and oxygen atoms in total. The van der Waals surface area contributed by atoms with Gasteiger partial charge in [0.2, 0.25) is 0 Å². The molecule has 1 aromatic carbocycles. The van der Waals surface area contributed by atoms with E-state index in [0.717, 1.165) is 43.0 Å². The van der Waals surface area contributed by atoms with Gasteiger partial charge >= 0.3 is 0 Å². The normalized spacial score (nSPS) is 20.0. The highest BCUT2D eigenvalue weighted by Crippen LogP contribution is 2.25. The van der Waals surface area contributed by atoms with Crippen molar-refractivity contribution < 1.29 is 4.79 Å². The van der Waals surface area contributed by atoms with Gasteiger partial charge in [-0.15, -0.1) is 0 Å². The third-order valence-corrected chi connectivity index (χ3v) is 4.44. The molecule has 2 rings (SSSR count). The minimum Gasteiger partial charge on any atom is -0.339 e. The first-order valence-corrected chi connectivity index (χ1v) is 7.70. The van der Waals surface area contributed by atoms with E-state index >= 15 is 0 Å². The van der Waals surface area contributed by atoms with E-state index in [4.69, 9.17) is 5.73 Å². The Kier molecular flexibility index (Phi) is 5.18. The number of hydrogen-bond donors (Lipinski definition) is 1. The van der Waals surface area contributed by atoms with Crippen LogP contribution in [0.5, 0.6) is 0 Å². The van der Waals surface area contributed by atoms with Crippen LogP contribution in [-0.4, -0.2) is 23.9 Å². The highest BCUT2D eigenvalue weighted by molar-refractivity contribution is 5.94. The van der Waals surface area contributed by atoms with Gasteiger partial charge in [0.25, 0.3) is 5.91 Å². The Hall–Kier alpha value is -1.35. The monoisotopic (exact) mass is 274 g/mol. The van der Waals surface area contributed by atoms with Crippen LogP contribution in [0.25, 0.3) is 0 Å². The van der Waals surface area contributed by atoms with Crippen LogP contribution in [0, 0.1) is 11.8 Å². The fourth-order valence-corrected chi connectivity index (χ4v) is 2.96. The zero-order chi connectivity index (χ0) is 14.5. The summed E-state index contributed by atoms with van der Waals surface area (Å²) in [5.74, 6) is 1.64. The second-order valence-corrected chi connectivity index (χ2v) is 6.13. The number of carbonyl (C=O) groups is 1. The van der Waals surface area contributed by atoms with Gasteiger partial charge in [-0.2, -0.15) is 0 Å². The van der Waals surface area contributed by atoms with Crippen LogP contribution < -0.4 is 5.73 Å². The van der Waals surface area contributed by atoms with E-state index in [9.17, 15) is 4.79 Å². The molecule has 110 valence electrons. The molecule has 0 spiro atoms. The van der Waals surface area contributed by atoms with E-state index in [0.29, 0.717) is 12.5 Å². The zero-order valence-corrected chi connectivity index (χ0v) is 12.6. The van der Waals surface area contributed by atoms with Crippen molar-refractivity contribution in [1.29, 1.82) is 0 Å². The Balaban J connectivity index is 2.01. The van der Waals surface area contributed by atoms with Gasteiger partial charge in [-0.1, -0.05) is 26.0 Å². The number of amides is 1. The largest absolute Gasteiger partial charge is 0.339 e. The molecule has 1 amide bonds. The van der Waals surface area contributed by atoms with Crippen LogP contribution in [0.3, 0.4) is 0 Å². The molecule has 1 aromatic rings. The first kappa shape index (κ1) is 15.0. The maximum Gasteiger partial charge on any atom is 0.253 e. The molecule has 2 N–H and O–H groups in total. The first-order chi connectivity index (χ1) is 9.61. The van der Waals surface area contributed by atoms with Gasteiger partial charge in [0, 0.05) is 25.2 Å². The van der Waals surface area contributed by atoms with Crippen LogP contribution in [0.2, 0.25) is 0 Å². The predicted octanol–water partition coefficient (Wildman–Crippen LogP) is 3.04. The van der Waals surface area contributed by atoms with Crippen LogP contribution in [0.4, 0.5) is 0 Å². The second kappa shape index (κ2) is 6.89. The standard InChI is InChI=1S/C17H26N2O/c1-13(2)15-4-3-10-19(11-9-15)17(20)16-7-5-14(12-18)6-8-16/h5-8,13,15H,3-4,9-12,18H2,1-2H3. The Morgan fingerprint density at radius 3 is 2.55 bits per heavy atom. The van der Waals surface area contributed by atoms with Crippen molar-refractivity contribution in [2.24, 2.45) is 17.6 Å². The molecule has 0 bridgehead atoms. The summed E-state index contributed by atoms with van der Waals surface area (Å²) in [6.07, 6.45) is 3.49. The fourth-order valence-electron chi connectivity index (χ4n) is 2.96. The number of nitrogens with two attached hydrogens (primary N) is 1. The molecule has 1 aliphatic heterocycles. The molecule has 1 unspecified atom stereocenters. The maximum absolute atomic E-state index is 12.5. The van der Waals surface area contributed by atoms with Gasteiger partial charge < -0.3 is 10.6 Å². The number of benzene rings is 1. The van der Waals surface area contributed by atoms with Crippen molar-refractivity contribution in [3.05, 3.63) is 35.4 Å². The Labute approximate surface area is 122 Å². The summed E-state index contributed by atoms with van der Waals surface area (Å²) in [5.41, 5.74) is 7.44. The first-order valence-electron chi connectivity index (χ1n) is 7.70. The van der Waals surface area contributed by atoms with Crippen LogP contribution in [0.1, 0.15) is 49.0 Å². The number of nitrogens with zero attached hydrogens (tertiary/aromatic N) is 1. The summed E-state index contributed by atoms with van der Waals surface area (Å²) < 4.78 is 0. The van der Waals surface area contributed by atoms with Crippen molar-refractivity contribution in [2.45, 2.75) is 39.7 Å². The van der Waals surface area contributed by atoms with Gasteiger partial charge in [0.1, 0.15) is 0 Å². The van der Waals surface area contributed by atoms with Gasteiger partial charge in [0.05, 0.1) is 0 Å². The third-order valence-electron chi connectivity index (χ3n) is 4.44. The minimum absolute atomic E-state index is 0.165. The summed E-state index contributed by atoms with van der Waals surface area (Å²) in [6.45, 7) is 6.87. The predicted molar refractivity (Wildman–Crippen MR) is 82.4 cm³/mol. The molecule has 20 heavy (non-hydrogen) atoms. The maximum atomic E-state index is 12.5. The molecule has 1 saturated heterocycles. The third kappa shape index (κ3) is 3.60. The lowest BCUT2D eigenvalue weighted by molar-refractivity contribution is 0.0759. The summed E-state index contributed by atoms with van der Waals surface area (Å²) >= 11 is 0. The van der Waals surface area contributed by atoms with Gasteiger partial charge in [-0.05, 0) is 48.8 Å². The number of hydrogen-bond acceptors (Lipinski definition) is 2. The van der Waals surface area contributed by atoms with Crippen LogP contribution in [0.15, 0.2) is 24.3 Å².